The van der Waals surface area contributed by atoms with Gasteiger partial charge in [0.2, 0.25) is 15.9 Å². The van der Waals surface area contributed by atoms with Crippen molar-refractivity contribution in [2.75, 3.05) is 39.3 Å². The summed E-state index contributed by atoms with van der Waals surface area (Å²) in [6.07, 6.45) is -0.697. The number of nitrogens with zero attached hydrogens (tertiary/aromatic N) is 3. The van der Waals surface area contributed by atoms with Crippen LogP contribution in [0.5, 0.6) is 0 Å². The molecule has 4 rings (SSSR count). The van der Waals surface area contributed by atoms with E-state index >= 15 is 0 Å². The molecule has 0 spiro atoms. The first-order chi connectivity index (χ1) is 18.7. The Labute approximate surface area is 239 Å². The van der Waals surface area contributed by atoms with Gasteiger partial charge in [0, 0.05) is 44.0 Å². The van der Waals surface area contributed by atoms with Crippen LogP contribution in [-0.2, 0) is 24.3 Å². The molecule has 11 nitrogen and oxygen atoms in total. The molecule has 0 unspecified atom stereocenters. The maximum Gasteiger partial charge on any atom is 0.410 e. The van der Waals surface area contributed by atoms with Crippen molar-refractivity contribution in [2.45, 2.75) is 56.7 Å². The van der Waals surface area contributed by atoms with Gasteiger partial charge in [0.05, 0.1) is 18.0 Å². The van der Waals surface area contributed by atoms with Crippen LogP contribution in [0.25, 0.3) is 10.8 Å². The summed E-state index contributed by atoms with van der Waals surface area (Å²) < 4.78 is 38.7. The average molecular weight is 595 g/mol. The van der Waals surface area contributed by atoms with Gasteiger partial charge in [-0.2, -0.15) is 4.31 Å². The van der Waals surface area contributed by atoms with Crippen molar-refractivity contribution in [3.63, 3.8) is 0 Å². The number of hydrogen-bond acceptors (Lipinski definition) is 7. The fourth-order valence-corrected chi connectivity index (χ4v) is 6.62. The van der Waals surface area contributed by atoms with Gasteiger partial charge in [0.25, 0.3) is 0 Å². The Balaban J connectivity index is 1.52. The minimum absolute atomic E-state index is 0.0365. The van der Waals surface area contributed by atoms with E-state index in [0.717, 1.165) is 9.69 Å². The minimum Gasteiger partial charge on any atom is -0.450 e. The van der Waals surface area contributed by atoms with E-state index in [1.165, 1.54) is 15.9 Å². The molecule has 0 radical (unpaired) electrons. The largest absolute Gasteiger partial charge is 0.450 e. The zero-order valence-corrected chi connectivity index (χ0v) is 24.7. The third-order valence-corrected chi connectivity index (χ3v) is 9.04. The third-order valence-electron chi connectivity index (χ3n) is 6.97. The smallest absolute Gasteiger partial charge is 0.410 e. The quantitative estimate of drug-likeness (QED) is 0.558. The van der Waals surface area contributed by atoms with E-state index in [1.807, 2.05) is 0 Å². The standard InChI is InChI=1S/C27H35ClN4O7S/c1-5-38-24(34)29-27(10-12-30(13-11-27)25(35)39-26(2,3)4)32-15-14-31(18-23(32)33)40(36,37)22-9-7-19-16-21(28)8-6-20(19)17-22/h6-9,16-17H,5,10-15,18H2,1-4H3,(H,29,34). The van der Waals surface area contributed by atoms with Crippen molar-refractivity contribution in [3.05, 3.63) is 41.4 Å². The fourth-order valence-electron chi connectivity index (χ4n) is 5.02. The maximum absolute atomic E-state index is 13.5. The molecule has 1 N–H and O–H groups in total. The van der Waals surface area contributed by atoms with Gasteiger partial charge < -0.3 is 19.3 Å². The van der Waals surface area contributed by atoms with Crippen molar-refractivity contribution < 1.29 is 32.3 Å². The minimum atomic E-state index is -3.97. The maximum atomic E-state index is 13.5. The van der Waals surface area contributed by atoms with Crippen LogP contribution in [0, 0.1) is 0 Å². The van der Waals surface area contributed by atoms with Crippen molar-refractivity contribution >= 4 is 50.5 Å². The van der Waals surface area contributed by atoms with E-state index in [2.05, 4.69) is 5.32 Å². The summed E-state index contributed by atoms with van der Waals surface area (Å²) in [5.41, 5.74) is -1.80. The lowest BCUT2D eigenvalue weighted by atomic mass is 9.94. The van der Waals surface area contributed by atoms with Gasteiger partial charge in [-0.05, 0) is 62.7 Å². The highest BCUT2D eigenvalue weighted by Gasteiger charge is 2.48. The Morgan fingerprint density at radius 1 is 1.02 bits per heavy atom. The zero-order valence-electron chi connectivity index (χ0n) is 23.1. The second-order valence-electron chi connectivity index (χ2n) is 10.9. The number of ether oxygens (including phenoxy) is 2. The number of amides is 3. The van der Waals surface area contributed by atoms with E-state index < -0.39 is 39.4 Å². The Morgan fingerprint density at radius 2 is 1.68 bits per heavy atom. The Bertz CT molecular complexity index is 1400. The number of hydrogen-bond donors (Lipinski definition) is 1. The molecule has 0 aromatic heterocycles. The van der Waals surface area contributed by atoms with E-state index in [0.29, 0.717) is 10.4 Å². The van der Waals surface area contributed by atoms with Crippen LogP contribution in [-0.4, -0.2) is 91.2 Å². The second kappa shape index (κ2) is 11.4. The average Bonchev–Trinajstić information content (AvgIpc) is 2.87. The summed E-state index contributed by atoms with van der Waals surface area (Å²) in [6.45, 7) is 7.32. The molecule has 2 saturated heterocycles. The second-order valence-corrected chi connectivity index (χ2v) is 13.3. The predicted octanol–water partition coefficient (Wildman–Crippen LogP) is 3.80. The number of benzene rings is 2. The van der Waals surface area contributed by atoms with E-state index in [4.69, 9.17) is 21.1 Å². The normalized spacial score (nSPS) is 18.5. The van der Waals surface area contributed by atoms with Crippen molar-refractivity contribution in [1.82, 2.24) is 19.4 Å². The molecule has 0 bridgehead atoms. The molecule has 218 valence electrons. The molecule has 2 aromatic rings. The summed E-state index contributed by atoms with van der Waals surface area (Å²) in [7, 11) is -3.97. The highest BCUT2D eigenvalue weighted by molar-refractivity contribution is 7.89. The molecule has 0 aliphatic carbocycles. The summed E-state index contributed by atoms with van der Waals surface area (Å²) in [4.78, 5) is 41.7. The number of fused-ring (bicyclic) bond motifs is 1. The molecular weight excluding hydrogens is 560 g/mol. The Morgan fingerprint density at radius 3 is 2.30 bits per heavy atom. The number of halogens is 1. The van der Waals surface area contributed by atoms with Gasteiger partial charge >= 0.3 is 12.2 Å². The number of piperazine rings is 1. The molecule has 2 heterocycles. The van der Waals surface area contributed by atoms with Crippen LogP contribution in [0.3, 0.4) is 0 Å². The van der Waals surface area contributed by atoms with E-state index in [1.54, 1.807) is 58.0 Å². The third kappa shape index (κ3) is 6.45. The summed E-state index contributed by atoms with van der Waals surface area (Å²) in [6, 6.07) is 9.93. The Hall–Kier alpha value is -3.09. The fraction of sp³-hybridized carbons (Fsp3) is 0.519. The molecule has 2 fully saturated rings. The van der Waals surface area contributed by atoms with Crippen molar-refractivity contribution in [2.24, 2.45) is 0 Å². The van der Waals surface area contributed by atoms with Crippen molar-refractivity contribution in [3.8, 4) is 0 Å². The van der Waals surface area contributed by atoms with Crippen LogP contribution >= 0.6 is 11.6 Å². The molecule has 2 aromatic carbocycles. The van der Waals surface area contributed by atoms with Gasteiger partial charge in [0.15, 0.2) is 0 Å². The monoisotopic (exact) mass is 594 g/mol. The number of carbonyl (C=O) groups excluding carboxylic acids is 3. The van der Waals surface area contributed by atoms with Crippen molar-refractivity contribution in [1.29, 1.82) is 0 Å². The SMILES string of the molecule is CCOC(=O)NC1(N2CCN(S(=O)(=O)c3ccc4cc(Cl)ccc4c3)CC2=O)CCN(C(=O)OC(C)(C)C)CC1. The van der Waals surface area contributed by atoms with Crippen LogP contribution in [0.4, 0.5) is 9.59 Å². The lowest BCUT2D eigenvalue weighted by Gasteiger charge is -2.50. The predicted molar refractivity (Wildman–Crippen MR) is 149 cm³/mol. The number of likely N-dealkylation sites (tertiary alicyclic amines) is 1. The molecule has 0 saturated carbocycles. The first-order valence-corrected chi connectivity index (χ1v) is 15.0. The van der Waals surface area contributed by atoms with Crippen LogP contribution in [0.2, 0.25) is 5.02 Å². The zero-order chi connectivity index (χ0) is 29.3. The number of rotatable bonds is 5. The van der Waals surface area contributed by atoms with Gasteiger partial charge in [0.1, 0.15) is 11.3 Å². The molecule has 3 amide bonds. The highest BCUT2D eigenvalue weighted by atomic mass is 35.5. The molecule has 0 atom stereocenters. The first-order valence-electron chi connectivity index (χ1n) is 13.2. The highest BCUT2D eigenvalue weighted by Crippen LogP contribution is 2.31. The van der Waals surface area contributed by atoms with Gasteiger partial charge in [-0.25, -0.2) is 18.0 Å². The van der Waals surface area contributed by atoms with E-state index in [-0.39, 0.29) is 57.1 Å². The molecule has 2 aliphatic heterocycles. The van der Waals surface area contributed by atoms with Crippen LogP contribution in [0.15, 0.2) is 41.3 Å². The number of sulfonamides is 1. The molecule has 2 aliphatic rings. The topological polar surface area (TPSA) is 126 Å². The first kappa shape index (κ1) is 29.9. The van der Waals surface area contributed by atoms with Crippen LogP contribution in [0.1, 0.15) is 40.5 Å². The van der Waals surface area contributed by atoms with Gasteiger partial charge in [-0.15, -0.1) is 0 Å². The number of nitrogens with one attached hydrogen (secondary N) is 1. The molecule has 40 heavy (non-hydrogen) atoms. The number of carbonyl (C=O) groups is 3. The molecular formula is C27H35ClN4O7S. The number of alkyl carbamates (subject to hydrolysis) is 1. The summed E-state index contributed by atoms with van der Waals surface area (Å²) in [5.74, 6) is -0.454. The van der Waals surface area contributed by atoms with Gasteiger partial charge in [-0.3, -0.25) is 10.1 Å². The summed E-state index contributed by atoms with van der Waals surface area (Å²) in [5, 5.41) is 4.90. The van der Waals surface area contributed by atoms with Gasteiger partial charge in [-0.1, -0.05) is 23.7 Å². The lowest BCUT2D eigenvalue weighted by molar-refractivity contribution is -0.145. The lowest BCUT2D eigenvalue weighted by Crippen LogP contribution is -2.70. The Kier molecular flexibility index (Phi) is 8.53. The van der Waals surface area contributed by atoms with E-state index in [9.17, 15) is 22.8 Å². The molecule has 13 heteroatoms. The number of piperidine rings is 1. The van der Waals surface area contributed by atoms with Crippen LogP contribution < -0.4 is 5.32 Å². The summed E-state index contributed by atoms with van der Waals surface area (Å²) >= 11 is 6.04.